The van der Waals surface area contributed by atoms with Crippen molar-refractivity contribution in [1.82, 2.24) is 0 Å². The van der Waals surface area contributed by atoms with Gasteiger partial charge in [-0.25, -0.2) is 0 Å². The number of ether oxygens (including phenoxy) is 2. The lowest BCUT2D eigenvalue weighted by atomic mass is 10.0. The van der Waals surface area contributed by atoms with Gasteiger partial charge in [-0.15, -0.1) is 0 Å². The highest BCUT2D eigenvalue weighted by Gasteiger charge is 2.10. The summed E-state index contributed by atoms with van der Waals surface area (Å²) in [6.07, 6.45) is 0. The molecule has 0 bridgehead atoms. The standard InChI is InChI=1S/C17H16O4/c1-13-9-15(21-10-14-5-3-2-4-6-14)7-8-16(13)17(19)11-20-12-18/h2-9,12H,10-11H2,1H3. The van der Waals surface area contributed by atoms with Gasteiger partial charge in [0.1, 0.15) is 12.4 Å². The Labute approximate surface area is 123 Å². The van der Waals surface area contributed by atoms with Crippen LogP contribution in [0, 0.1) is 6.92 Å². The van der Waals surface area contributed by atoms with Gasteiger partial charge in [0.05, 0.1) is 0 Å². The van der Waals surface area contributed by atoms with E-state index in [0.717, 1.165) is 11.1 Å². The molecule has 21 heavy (non-hydrogen) atoms. The molecule has 0 saturated carbocycles. The van der Waals surface area contributed by atoms with Crippen molar-refractivity contribution < 1.29 is 19.1 Å². The van der Waals surface area contributed by atoms with Gasteiger partial charge in [-0.2, -0.15) is 0 Å². The fourth-order valence-corrected chi connectivity index (χ4v) is 1.97. The Hall–Kier alpha value is -2.62. The van der Waals surface area contributed by atoms with Crippen LogP contribution in [0.1, 0.15) is 21.5 Å². The third-order valence-electron chi connectivity index (χ3n) is 3.03. The van der Waals surface area contributed by atoms with Crippen molar-refractivity contribution >= 4 is 12.3 Å². The van der Waals surface area contributed by atoms with Gasteiger partial charge >= 0.3 is 0 Å². The summed E-state index contributed by atoms with van der Waals surface area (Å²) in [6, 6.07) is 15.1. The van der Waals surface area contributed by atoms with E-state index in [1.807, 2.05) is 37.3 Å². The highest BCUT2D eigenvalue weighted by Crippen LogP contribution is 2.19. The molecule has 4 heteroatoms. The van der Waals surface area contributed by atoms with Crippen LogP contribution in [0.25, 0.3) is 0 Å². The van der Waals surface area contributed by atoms with Crippen molar-refractivity contribution in [3.63, 3.8) is 0 Å². The lowest BCUT2D eigenvalue weighted by Crippen LogP contribution is -2.10. The number of carbonyl (C=O) groups excluding carboxylic acids is 2. The van der Waals surface area contributed by atoms with Crippen LogP contribution < -0.4 is 4.74 Å². The van der Waals surface area contributed by atoms with Crippen LogP contribution in [0.2, 0.25) is 0 Å². The van der Waals surface area contributed by atoms with Gasteiger partial charge < -0.3 is 9.47 Å². The van der Waals surface area contributed by atoms with E-state index < -0.39 is 0 Å². The van der Waals surface area contributed by atoms with Crippen LogP contribution in [0.15, 0.2) is 48.5 Å². The van der Waals surface area contributed by atoms with Crippen LogP contribution >= 0.6 is 0 Å². The van der Waals surface area contributed by atoms with E-state index in [1.54, 1.807) is 18.2 Å². The number of aryl methyl sites for hydroxylation is 1. The molecule has 0 N–H and O–H groups in total. The minimum Gasteiger partial charge on any atom is -0.489 e. The molecule has 0 aromatic heterocycles. The first-order valence-corrected chi connectivity index (χ1v) is 6.56. The molecule has 0 heterocycles. The summed E-state index contributed by atoms with van der Waals surface area (Å²) in [7, 11) is 0. The number of rotatable bonds is 7. The molecule has 2 rings (SSSR count). The zero-order valence-electron chi connectivity index (χ0n) is 11.7. The van der Waals surface area contributed by atoms with Crippen molar-refractivity contribution in [2.45, 2.75) is 13.5 Å². The predicted molar refractivity (Wildman–Crippen MR) is 78.3 cm³/mol. The molecular formula is C17H16O4. The second-order valence-electron chi connectivity index (χ2n) is 4.58. The van der Waals surface area contributed by atoms with Gasteiger partial charge in [0.15, 0.2) is 6.61 Å². The molecule has 0 saturated heterocycles. The van der Waals surface area contributed by atoms with Crippen molar-refractivity contribution in [1.29, 1.82) is 0 Å². The lowest BCUT2D eigenvalue weighted by Gasteiger charge is -2.09. The Morgan fingerprint density at radius 3 is 2.57 bits per heavy atom. The average Bonchev–Trinajstić information content (AvgIpc) is 2.51. The monoisotopic (exact) mass is 284 g/mol. The molecule has 0 aliphatic carbocycles. The maximum atomic E-state index is 11.8. The lowest BCUT2D eigenvalue weighted by molar-refractivity contribution is -0.127. The highest BCUT2D eigenvalue weighted by atomic mass is 16.5. The zero-order chi connectivity index (χ0) is 15.1. The zero-order valence-corrected chi connectivity index (χ0v) is 11.7. The van der Waals surface area contributed by atoms with Gasteiger partial charge in [0.25, 0.3) is 6.47 Å². The third kappa shape index (κ3) is 4.18. The summed E-state index contributed by atoms with van der Waals surface area (Å²) in [6.45, 7) is 2.32. The van der Waals surface area contributed by atoms with E-state index in [1.165, 1.54) is 0 Å². The number of hydrogen-bond acceptors (Lipinski definition) is 4. The molecule has 0 spiro atoms. The Kier molecular flexibility index (Phi) is 5.10. The minimum atomic E-state index is -0.242. The summed E-state index contributed by atoms with van der Waals surface area (Å²) < 4.78 is 10.2. The first-order chi connectivity index (χ1) is 10.2. The maximum Gasteiger partial charge on any atom is 0.293 e. The van der Waals surface area contributed by atoms with Crippen LogP contribution in [0.5, 0.6) is 5.75 Å². The summed E-state index contributed by atoms with van der Waals surface area (Å²) in [4.78, 5) is 21.9. The van der Waals surface area contributed by atoms with E-state index in [0.29, 0.717) is 17.9 Å². The Morgan fingerprint density at radius 2 is 1.90 bits per heavy atom. The molecule has 0 aliphatic heterocycles. The van der Waals surface area contributed by atoms with E-state index in [-0.39, 0.29) is 18.9 Å². The maximum absolute atomic E-state index is 11.8. The summed E-state index contributed by atoms with van der Waals surface area (Å²) >= 11 is 0. The Bertz CT molecular complexity index is 620. The average molecular weight is 284 g/mol. The van der Waals surface area contributed by atoms with Gasteiger partial charge in [-0.3, -0.25) is 9.59 Å². The molecular weight excluding hydrogens is 268 g/mol. The van der Waals surface area contributed by atoms with Gasteiger partial charge in [-0.05, 0) is 36.2 Å². The fraction of sp³-hybridized carbons (Fsp3) is 0.176. The van der Waals surface area contributed by atoms with E-state index in [4.69, 9.17) is 4.74 Å². The first-order valence-electron chi connectivity index (χ1n) is 6.56. The second kappa shape index (κ2) is 7.24. The quantitative estimate of drug-likeness (QED) is 0.579. The van der Waals surface area contributed by atoms with Crippen molar-refractivity contribution in [2.75, 3.05) is 6.61 Å². The number of carbonyl (C=O) groups is 2. The number of Topliss-reactive ketones (excluding diaryl/α,β-unsaturated/α-hetero) is 1. The molecule has 0 atom stereocenters. The molecule has 0 amide bonds. The number of hydrogen-bond donors (Lipinski definition) is 0. The summed E-state index contributed by atoms with van der Waals surface area (Å²) in [5.41, 5.74) is 2.40. The van der Waals surface area contributed by atoms with Crippen molar-refractivity contribution in [3.8, 4) is 5.75 Å². The molecule has 0 radical (unpaired) electrons. The van der Waals surface area contributed by atoms with Crippen LogP contribution in [0.4, 0.5) is 0 Å². The molecule has 0 aliphatic rings. The van der Waals surface area contributed by atoms with Crippen LogP contribution in [-0.2, 0) is 16.1 Å². The van der Waals surface area contributed by atoms with Crippen molar-refractivity contribution in [2.24, 2.45) is 0 Å². The largest absolute Gasteiger partial charge is 0.489 e. The molecule has 0 fully saturated rings. The van der Waals surface area contributed by atoms with E-state index >= 15 is 0 Å². The Morgan fingerprint density at radius 1 is 1.14 bits per heavy atom. The summed E-state index contributed by atoms with van der Waals surface area (Å²) in [5, 5.41) is 0. The normalized spacial score (nSPS) is 9.95. The predicted octanol–water partition coefficient (Wildman–Crippen LogP) is 2.93. The van der Waals surface area contributed by atoms with Crippen molar-refractivity contribution in [3.05, 3.63) is 65.2 Å². The highest BCUT2D eigenvalue weighted by molar-refractivity contribution is 5.98. The molecule has 2 aromatic rings. The minimum absolute atomic E-state index is 0.228. The third-order valence-corrected chi connectivity index (χ3v) is 3.03. The van der Waals surface area contributed by atoms with Gasteiger partial charge in [0, 0.05) is 5.56 Å². The number of benzene rings is 2. The van der Waals surface area contributed by atoms with Gasteiger partial charge in [-0.1, -0.05) is 30.3 Å². The topological polar surface area (TPSA) is 52.6 Å². The van der Waals surface area contributed by atoms with Crippen LogP contribution in [-0.4, -0.2) is 18.9 Å². The van der Waals surface area contributed by atoms with E-state index in [9.17, 15) is 9.59 Å². The Balaban J connectivity index is 2.01. The summed E-state index contributed by atoms with van der Waals surface area (Å²) in [5.74, 6) is 0.471. The number of ketones is 1. The van der Waals surface area contributed by atoms with Crippen LogP contribution in [0.3, 0.4) is 0 Å². The molecule has 4 nitrogen and oxygen atoms in total. The van der Waals surface area contributed by atoms with Gasteiger partial charge in [0.2, 0.25) is 5.78 Å². The first kappa shape index (κ1) is 14.8. The fourth-order valence-electron chi connectivity index (χ4n) is 1.97. The molecule has 2 aromatic carbocycles. The second-order valence-corrected chi connectivity index (χ2v) is 4.58. The SMILES string of the molecule is Cc1cc(OCc2ccccc2)ccc1C(=O)COC=O. The molecule has 108 valence electrons. The molecule has 0 unspecified atom stereocenters. The smallest absolute Gasteiger partial charge is 0.293 e. The van der Waals surface area contributed by atoms with E-state index in [2.05, 4.69) is 4.74 Å².